The highest BCUT2D eigenvalue weighted by atomic mass is 19.1. The quantitative estimate of drug-likeness (QED) is 0.213. The van der Waals surface area contributed by atoms with E-state index in [1.165, 1.54) is 4.57 Å². The van der Waals surface area contributed by atoms with Gasteiger partial charge in [-0.2, -0.15) is 0 Å². The molecule has 180 valence electrons. The van der Waals surface area contributed by atoms with Gasteiger partial charge in [0, 0.05) is 32.0 Å². The van der Waals surface area contributed by atoms with Crippen molar-refractivity contribution >= 4 is 34.1 Å². The molecule has 4 rings (SSSR count). The van der Waals surface area contributed by atoms with Crippen LogP contribution >= 0.6 is 0 Å². The maximum atomic E-state index is 15.7. The number of nitrogens with zero attached hydrogens (tertiary/aromatic N) is 2. The van der Waals surface area contributed by atoms with Crippen LogP contribution in [-0.2, 0) is 13.0 Å². The van der Waals surface area contributed by atoms with Gasteiger partial charge in [0.1, 0.15) is 17.1 Å². The van der Waals surface area contributed by atoms with Crippen molar-refractivity contribution in [1.82, 2.24) is 9.55 Å². The zero-order valence-corrected chi connectivity index (χ0v) is 18.6. The maximum Gasteiger partial charge on any atom is 0.341 e. The molecule has 0 bridgehead atoms. The molecule has 0 saturated heterocycles. The molecule has 2 heterocycles. The van der Waals surface area contributed by atoms with Crippen LogP contribution < -0.4 is 21.8 Å². The minimum atomic E-state index is -1.51. The van der Waals surface area contributed by atoms with E-state index in [1.54, 1.807) is 24.4 Å². The van der Waals surface area contributed by atoms with E-state index in [4.69, 9.17) is 5.73 Å². The first-order valence-corrected chi connectivity index (χ1v) is 10.9. The minimum absolute atomic E-state index is 0.122. The van der Waals surface area contributed by atoms with Gasteiger partial charge in [-0.15, -0.1) is 0 Å². The molecule has 2 aromatic heterocycles. The number of carboxylic acids is 1. The number of rotatable bonds is 9. The molecular formula is C25H23F2N5O3. The Morgan fingerprint density at radius 2 is 1.74 bits per heavy atom. The Morgan fingerprint density at radius 3 is 2.43 bits per heavy atom. The zero-order chi connectivity index (χ0) is 24.9. The smallest absolute Gasteiger partial charge is 0.341 e. The lowest BCUT2D eigenvalue weighted by molar-refractivity contribution is 0.0694. The Labute approximate surface area is 199 Å². The molecule has 2 aromatic carbocycles. The fourth-order valence-corrected chi connectivity index (χ4v) is 3.83. The van der Waals surface area contributed by atoms with Crippen molar-refractivity contribution in [3.63, 3.8) is 0 Å². The van der Waals surface area contributed by atoms with Crippen molar-refractivity contribution in [3.05, 3.63) is 93.9 Å². The van der Waals surface area contributed by atoms with Crippen LogP contribution in [0, 0.1) is 11.6 Å². The number of nitrogen functional groups attached to an aromatic ring is 1. The minimum Gasteiger partial charge on any atom is -0.477 e. The summed E-state index contributed by atoms with van der Waals surface area (Å²) in [5.74, 6) is -3.08. The van der Waals surface area contributed by atoms with Crippen LogP contribution in [0.4, 0.5) is 26.0 Å². The van der Waals surface area contributed by atoms with E-state index in [9.17, 15) is 14.7 Å². The van der Waals surface area contributed by atoms with E-state index in [-0.39, 0.29) is 18.6 Å². The van der Waals surface area contributed by atoms with Crippen LogP contribution in [-0.4, -0.2) is 33.7 Å². The lowest BCUT2D eigenvalue weighted by Gasteiger charge is -2.18. The first kappa shape index (κ1) is 23.7. The van der Waals surface area contributed by atoms with Crippen LogP contribution in [0.5, 0.6) is 0 Å². The van der Waals surface area contributed by atoms with Gasteiger partial charge in [0.25, 0.3) is 0 Å². The summed E-state index contributed by atoms with van der Waals surface area (Å²) < 4.78 is 32.0. The number of hydrogen-bond donors (Lipinski definition) is 4. The molecule has 0 aliphatic heterocycles. The van der Waals surface area contributed by atoms with Gasteiger partial charge < -0.3 is 26.0 Å². The number of benzene rings is 2. The van der Waals surface area contributed by atoms with E-state index in [0.717, 1.165) is 11.8 Å². The van der Waals surface area contributed by atoms with Crippen molar-refractivity contribution < 1.29 is 18.7 Å². The van der Waals surface area contributed by atoms with Crippen LogP contribution in [0.1, 0.15) is 15.9 Å². The number of carbonyl (C=O) groups is 1. The van der Waals surface area contributed by atoms with Crippen molar-refractivity contribution in [2.24, 2.45) is 0 Å². The molecule has 5 N–H and O–H groups in total. The Hall–Kier alpha value is -4.47. The number of nitrogens with two attached hydrogens (primary N) is 1. The van der Waals surface area contributed by atoms with E-state index in [2.05, 4.69) is 15.6 Å². The molecule has 0 fully saturated rings. The molecule has 0 aliphatic rings. The summed E-state index contributed by atoms with van der Waals surface area (Å²) >= 11 is 0. The third-order valence-corrected chi connectivity index (χ3v) is 5.55. The number of aryl methyl sites for hydroxylation is 2. The van der Waals surface area contributed by atoms with E-state index in [1.807, 2.05) is 30.3 Å². The molecule has 0 aliphatic carbocycles. The number of fused-ring (bicyclic) bond motifs is 1. The Morgan fingerprint density at radius 1 is 1.03 bits per heavy atom. The van der Waals surface area contributed by atoms with Crippen molar-refractivity contribution in [3.8, 4) is 0 Å². The number of aromatic nitrogens is 2. The second-order valence-electron chi connectivity index (χ2n) is 7.81. The average molecular weight is 479 g/mol. The normalized spacial score (nSPS) is 10.9. The first-order valence-electron chi connectivity index (χ1n) is 10.9. The molecule has 0 amide bonds. The second kappa shape index (κ2) is 10.2. The van der Waals surface area contributed by atoms with Gasteiger partial charge in [0.15, 0.2) is 11.6 Å². The third kappa shape index (κ3) is 4.91. The van der Waals surface area contributed by atoms with E-state index >= 15 is 8.78 Å². The van der Waals surface area contributed by atoms with Crippen LogP contribution in [0.2, 0.25) is 0 Å². The molecule has 0 saturated carbocycles. The summed E-state index contributed by atoms with van der Waals surface area (Å²) in [7, 11) is 0. The number of halogens is 2. The average Bonchev–Trinajstić information content (AvgIpc) is 2.87. The Balaban J connectivity index is 1.72. The number of anilines is 3. The molecule has 35 heavy (non-hydrogen) atoms. The molecule has 4 aromatic rings. The molecule has 8 nitrogen and oxygen atoms in total. The summed E-state index contributed by atoms with van der Waals surface area (Å²) in [5.41, 5.74) is 3.83. The number of nitrogens with one attached hydrogen (secondary N) is 2. The monoisotopic (exact) mass is 479 g/mol. The van der Waals surface area contributed by atoms with E-state index in [0.29, 0.717) is 18.8 Å². The molecule has 0 atom stereocenters. The standard InChI is InChI=1S/C25H23F2N5O3/c26-19-21(28)18-23(20(27)22(19)31-12-11-30-17-8-4-5-10-29-17)32(14-16(24(18)33)25(34)35)13-9-15-6-2-1-3-7-15/h1-8,10,14,31H,9,11-13,28H2,(H,29,30)(H,34,35). The van der Waals surface area contributed by atoms with Crippen LogP contribution in [0.3, 0.4) is 0 Å². The largest absolute Gasteiger partial charge is 0.477 e. The van der Waals surface area contributed by atoms with Crippen LogP contribution in [0.25, 0.3) is 10.9 Å². The number of carboxylic acid groups (broad SMARTS) is 1. The first-order chi connectivity index (χ1) is 16.9. The summed E-state index contributed by atoms with van der Waals surface area (Å²) in [6.07, 6.45) is 3.10. The molecule has 0 radical (unpaired) electrons. The van der Waals surface area contributed by atoms with Crippen molar-refractivity contribution in [2.45, 2.75) is 13.0 Å². The molecular weight excluding hydrogens is 456 g/mol. The summed E-state index contributed by atoms with van der Waals surface area (Å²) in [6, 6.07) is 14.6. The fourth-order valence-electron chi connectivity index (χ4n) is 3.83. The van der Waals surface area contributed by atoms with Gasteiger partial charge in [0.2, 0.25) is 5.43 Å². The van der Waals surface area contributed by atoms with Crippen LogP contribution in [0.15, 0.2) is 65.7 Å². The lowest BCUT2D eigenvalue weighted by Crippen LogP contribution is -2.23. The summed E-state index contributed by atoms with van der Waals surface area (Å²) in [6.45, 7) is 0.563. The second-order valence-corrected chi connectivity index (χ2v) is 7.81. The van der Waals surface area contributed by atoms with Gasteiger partial charge in [0.05, 0.1) is 16.6 Å². The van der Waals surface area contributed by atoms with Crippen molar-refractivity contribution in [1.29, 1.82) is 0 Å². The van der Waals surface area contributed by atoms with Gasteiger partial charge in [-0.25, -0.2) is 18.6 Å². The van der Waals surface area contributed by atoms with Gasteiger partial charge >= 0.3 is 5.97 Å². The topological polar surface area (TPSA) is 122 Å². The molecule has 0 spiro atoms. The van der Waals surface area contributed by atoms with Gasteiger partial charge in [-0.3, -0.25) is 4.79 Å². The zero-order valence-electron chi connectivity index (χ0n) is 18.6. The predicted octanol–water partition coefficient (Wildman–Crippen LogP) is 3.72. The Bertz CT molecular complexity index is 1430. The van der Waals surface area contributed by atoms with Gasteiger partial charge in [-0.05, 0) is 24.1 Å². The molecule has 10 heteroatoms. The SMILES string of the molecule is Nc1c(F)c(NCCNc2ccccn2)c(F)c2c1c(=O)c(C(=O)O)cn2CCc1ccccc1. The number of pyridine rings is 2. The lowest BCUT2D eigenvalue weighted by atomic mass is 10.1. The summed E-state index contributed by atoms with van der Waals surface area (Å²) in [4.78, 5) is 28.6. The highest BCUT2D eigenvalue weighted by Gasteiger charge is 2.25. The number of aromatic carboxylic acids is 1. The predicted molar refractivity (Wildman–Crippen MR) is 131 cm³/mol. The Kier molecular flexibility index (Phi) is 6.91. The van der Waals surface area contributed by atoms with E-state index < -0.39 is 45.4 Å². The summed E-state index contributed by atoms with van der Waals surface area (Å²) in [5, 5.41) is 14.7. The fraction of sp³-hybridized carbons (Fsp3) is 0.160. The highest BCUT2D eigenvalue weighted by molar-refractivity contribution is 5.99. The third-order valence-electron chi connectivity index (χ3n) is 5.55. The number of hydrogen-bond acceptors (Lipinski definition) is 6. The van der Waals surface area contributed by atoms with Gasteiger partial charge in [-0.1, -0.05) is 36.4 Å². The maximum absolute atomic E-state index is 15.7. The van der Waals surface area contributed by atoms with Crippen molar-refractivity contribution in [2.75, 3.05) is 29.5 Å². The molecule has 0 unspecified atom stereocenters. The highest BCUT2D eigenvalue weighted by Crippen LogP contribution is 2.33.